The van der Waals surface area contributed by atoms with Crippen molar-refractivity contribution in [3.05, 3.63) is 0 Å². The van der Waals surface area contributed by atoms with Gasteiger partial charge in [-0.25, -0.2) is 0 Å². The van der Waals surface area contributed by atoms with Gasteiger partial charge < -0.3 is 0 Å². The van der Waals surface area contributed by atoms with Crippen molar-refractivity contribution in [1.29, 1.82) is 0 Å². The summed E-state index contributed by atoms with van der Waals surface area (Å²) >= 11 is -2.03. The molecule has 4 N–H and O–H groups in total. The summed E-state index contributed by atoms with van der Waals surface area (Å²) in [5, 5.41) is 0. The summed E-state index contributed by atoms with van der Waals surface area (Å²) in [6.45, 7) is 0. The summed E-state index contributed by atoms with van der Waals surface area (Å²) in [6.07, 6.45) is 0. The van der Waals surface area contributed by atoms with Gasteiger partial charge in [0.25, 0.3) is 0 Å². The number of rotatable bonds is 0. The molecule has 0 bridgehead atoms. The monoisotopic (exact) mass is 326 g/mol. The predicted octanol–water partition coefficient (Wildman–Crippen LogP) is -1.55. The number of hydrogen-bond donors (Lipinski definition) is 4. The van der Waals surface area contributed by atoms with Gasteiger partial charge in [0.15, 0.2) is 0 Å². The third kappa shape index (κ3) is 1510000. The van der Waals surface area contributed by atoms with Crippen molar-refractivity contribution in [2.24, 2.45) is 0 Å². The van der Waals surface area contributed by atoms with E-state index in [0.29, 0.717) is 0 Å². The Bertz CT molecular complexity index is 277. The number of hydrogen-bond acceptors (Lipinski definition) is 6. The molecule has 13 heteroatoms. The van der Waals surface area contributed by atoms with Crippen LogP contribution in [0.25, 0.3) is 0 Å². The van der Waals surface area contributed by atoms with E-state index in [4.69, 9.17) is 41.8 Å². The van der Waals surface area contributed by atoms with Crippen LogP contribution in [0.4, 0.5) is 0 Å². The Labute approximate surface area is 81.3 Å². The molecular weight excluding hydrogens is 320 g/mol. The van der Waals surface area contributed by atoms with Gasteiger partial charge in [-0.3, -0.25) is 18.2 Å². The van der Waals surface area contributed by atoms with Gasteiger partial charge in [0, 0.05) is 0 Å². The summed E-state index contributed by atoms with van der Waals surface area (Å²) in [5.41, 5.74) is 0. The zero-order chi connectivity index (χ0) is 11.7. The third-order valence-corrected chi connectivity index (χ3v) is 0. The Hall–Kier alpha value is 0.0283. The molecule has 0 aromatic carbocycles. The summed E-state index contributed by atoms with van der Waals surface area (Å²) < 4.78 is 80.2. The molecule has 0 fully saturated rings. The first kappa shape index (κ1) is 18.7. The molecule has 0 unspecified atom stereocenters. The standard InChI is InChI=1S/Mo.2H2O4S.2O/c;2*1-5(2,3)4;;/h;2*(H2,1,2,3,4);;. The van der Waals surface area contributed by atoms with Crippen molar-refractivity contribution in [1.82, 2.24) is 0 Å². The molecule has 0 rings (SSSR count). The minimum atomic E-state index is -4.67. The van der Waals surface area contributed by atoms with Crippen LogP contribution < -0.4 is 0 Å². The molecule has 0 saturated heterocycles. The van der Waals surface area contributed by atoms with Crippen LogP contribution in [0.1, 0.15) is 0 Å². The van der Waals surface area contributed by atoms with Crippen LogP contribution in [0.2, 0.25) is 0 Å². The van der Waals surface area contributed by atoms with Crippen LogP contribution in [0.5, 0.6) is 0 Å². The molecule has 0 heterocycles. The normalized spacial score (nSPS) is 9.85. The Kier molecular flexibility index (Phi) is 12.4. The first-order chi connectivity index (χ1) is 5.41. The van der Waals surface area contributed by atoms with Gasteiger partial charge in [-0.2, -0.15) is 16.8 Å². The van der Waals surface area contributed by atoms with Crippen LogP contribution in [-0.4, -0.2) is 35.0 Å². The molecule has 0 aliphatic carbocycles. The van der Waals surface area contributed by atoms with E-state index in [-0.39, 0.29) is 0 Å². The van der Waals surface area contributed by atoms with E-state index in [2.05, 4.69) is 0 Å². The first-order valence-corrected chi connectivity index (χ1v) is 6.16. The third-order valence-electron chi connectivity index (χ3n) is 0. The van der Waals surface area contributed by atoms with E-state index in [1.807, 2.05) is 0 Å². The second-order valence-corrected chi connectivity index (χ2v) is 3.09. The van der Waals surface area contributed by atoms with Gasteiger partial charge >= 0.3 is 46.1 Å². The Morgan fingerprint density at radius 2 is 0.692 bits per heavy atom. The van der Waals surface area contributed by atoms with Crippen molar-refractivity contribution in [2.75, 3.05) is 0 Å². The van der Waals surface area contributed by atoms with E-state index in [9.17, 15) is 0 Å². The van der Waals surface area contributed by atoms with E-state index in [0.717, 1.165) is 0 Å². The van der Waals surface area contributed by atoms with E-state index in [1.165, 1.54) is 0 Å². The van der Waals surface area contributed by atoms with Crippen LogP contribution in [0.3, 0.4) is 0 Å². The van der Waals surface area contributed by atoms with Crippen LogP contribution in [0, 0.1) is 0 Å². The molecular formula is H4MoO10S2. The molecule has 0 spiro atoms. The minimum absolute atomic E-state index is 2.03. The molecule has 13 heavy (non-hydrogen) atoms. The van der Waals surface area contributed by atoms with Gasteiger partial charge in [0.1, 0.15) is 0 Å². The van der Waals surface area contributed by atoms with Crippen molar-refractivity contribution in [3.63, 3.8) is 0 Å². The Balaban J connectivity index is -0.000000120. The van der Waals surface area contributed by atoms with Gasteiger partial charge in [0.2, 0.25) is 0 Å². The van der Waals surface area contributed by atoms with Crippen molar-refractivity contribution in [2.45, 2.75) is 0 Å². The van der Waals surface area contributed by atoms with Crippen LogP contribution in [-0.2, 0) is 46.1 Å². The van der Waals surface area contributed by atoms with E-state index in [1.54, 1.807) is 0 Å². The molecule has 0 saturated carbocycles. The summed E-state index contributed by atoms with van der Waals surface area (Å²) in [6, 6.07) is 0. The molecule has 0 radical (unpaired) electrons. The topological polar surface area (TPSA) is 183 Å². The molecule has 0 aromatic rings. The summed E-state index contributed by atoms with van der Waals surface area (Å²) in [5.74, 6) is 0. The maximum atomic E-state index is 8.74. The second kappa shape index (κ2) is 8.62. The molecule has 0 amide bonds. The summed E-state index contributed by atoms with van der Waals surface area (Å²) in [7, 11) is -9.33. The van der Waals surface area contributed by atoms with Crippen LogP contribution in [0.15, 0.2) is 0 Å². The SMILES string of the molecule is O=S(=O)(O)O.O=S(=O)(O)O.[O]=[Mo]=[O]. The van der Waals surface area contributed by atoms with Crippen LogP contribution >= 0.6 is 0 Å². The molecule has 0 aromatic heterocycles. The van der Waals surface area contributed by atoms with E-state index >= 15 is 0 Å². The zero-order valence-corrected chi connectivity index (χ0v) is 9.10. The molecule has 0 aliphatic rings. The van der Waals surface area contributed by atoms with Gasteiger partial charge in [-0.05, 0) is 0 Å². The maximum absolute atomic E-state index is 8.74. The second-order valence-electron chi connectivity index (χ2n) is 0.964. The fourth-order valence-corrected chi connectivity index (χ4v) is 0. The van der Waals surface area contributed by atoms with Crippen molar-refractivity contribution >= 4 is 20.8 Å². The van der Waals surface area contributed by atoms with Gasteiger partial charge in [0.05, 0.1) is 0 Å². The molecule has 10 nitrogen and oxygen atoms in total. The summed E-state index contributed by atoms with van der Waals surface area (Å²) in [4.78, 5) is 0. The first-order valence-electron chi connectivity index (χ1n) is 1.73. The van der Waals surface area contributed by atoms with Gasteiger partial charge in [-0.1, -0.05) is 0 Å². The van der Waals surface area contributed by atoms with Crippen molar-refractivity contribution < 1.29 is 60.3 Å². The fourth-order valence-electron chi connectivity index (χ4n) is 0. The average molecular weight is 324 g/mol. The quantitative estimate of drug-likeness (QED) is 0.300. The Morgan fingerprint density at radius 3 is 0.692 bits per heavy atom. The van der Waals surface area contributed by atoms with Crippen molar-refractivity contribution in [3.8, 4) is 0 Å². The predicted molar refractivity (Wildman–Crippen MR) is 29.7 cm³/mol. The van der Waals surface area contributed by atoms with E-state index < -0.39 is 39.3 Å². The fraction of sp³-hybridized carbons (Fsp3) is 0. The molecule has 0 aliphatic heterocycles. The molecule has 0 atom stereocenters. The molecule has 82 valence electrons. The average Bonchev–Trinajstić information content (AvgIpc) is 1.52. The van der Waals surface area contributed by atoms with Gasteiger partial charge in [-0.15, -0.1) is 0 Å². The zero-order valence-electron chi connectivity index (χ0n) is 5.46. The Morgan fingerprint density at radius 1 is 0.692 bits per heavy atom.